The molecule has 1 amide bonds. The van der Waals surface area contributed by atoms with Crippen molar-refractivity contribution in [2.45, 2.75) is 20.0 Å². The molecule has 0 fully saturated rings. The fraction of sp³-hybridized carbons (Fsp3) is 0.235. The fourth-order valence-corrected chi connectivity index (χ4v) is 1.98. The topological polar surface area (TPSA) is 79.7 Å². The molecule has 0 radical (unpaired) electrons. The molecule has 2 rings (SSSR count). The minimum atomic E-state index is -0.987. The monoisotopic (exact) mass is 314 g/mol. The van der Waals surface area contributed by atoms with E-state index in [9.17, 15) is 9.59 Å². The van der Waals surface area contributed by atoms with Crippen LogP contribution in [-0.2, 0) is 16.1 Å². The first-order chi connectivity index (χ1) is 11.1. The van der Waals surface area contributed by atoms with E-state index in [1.807, 2.05) is 30.3 Å². The number of hydrogen-bond acceptors (Lipinski definition) is 4. The molecule has 0 aliphatic heterocycles. The van der Waals surface area contributed by atoms with E-state index in [2.05, 4.69) is 4.98 Å². The van der Waals surface area contributed by atoms with Gasteiger partial charge in [-0.25, -0.2) is 9.78 Å². The summed E-state index contributed by atoms with van der Waals surface area (Å²) >= 11 is 0. The van der Waals surface area contributed by atoms with Crippen LogP contribution in [0.3, 0.4) is 0 Å². The summed E-state index contributed by atoms with van der Waals surface area (Å²) in [6, 6.07) is 14.5. The summed E-state index contributed by atoms with van der Waals surface area (Å²) in [5.41, 5.74) is 1.59. The molecule has 0 bridgehead atoms. The van der Waals surface area contributed by atoms with Gasteiger partial charge >= 0.3 is 12.1 Å². The number of anilines is 1. The van der Waals surface area contributed by atoms with Crippen LogP contribution in [0.4, 0.5) is 10.6 Å². The highest BCUT2D eigenvalue weighted by atomic mass is 16.6. The normalized spacial score (nSPS) is 10.1. The molecular formula is C17H18N2O4. The summed E-state index contributed by atoms with van der Waals surface area (Å²) in [5, 5.41) is 8.85. The number of pyridine rings is 1. The van der Waals surface area contributed by atoms with Crippen molar-refractivity contribution in [1.29, 1.82) is 0 Å². The second-order valence-electron chi connectivity index (χ2n) is 4.97. The number of hydrogen-bond donors (Lipinski definition) is 1. The van der Waals surface area contributed by atoms with E-state index in [0.717, 1.165) is 11.3 Å². The third-order valence-corrected chi connectivity index (χ3v) is 3.12. The Morgan fingerprint density at radius 1 is 1.13 bits per heavy atom. The Morgan fingerprint density at radius 2 is 1.87 bits per heavy atom. The molecule has 0 unspecified atom stereocenters. The maximum atomic E-state index is 12.3. The number of benzene rings is 1. The quantitative estimate of drug-likeness (QED) is 0.886. The van der Waals surface area contributed by atoms with Crippen LogP contribution in [-0.4, -0.2) is 28.7 Å². The van der Waals surface area contributed by atoms with Crippen LogP contribution in [0.1, 0.15) is 17.7 Å². The summed E-state index contributed by atoms with van der Waals surface area (Å²) in [4.78, 5) is 28.6. The standard InChI is InChI=1S/C17H18N2O4/c1-13-6-5-9-15(18-13)19(11-10-16(20)21)17(22)23-12-14-7-3-2-4-8-14/h2-9H,10-12H2,1H3,(H,20,21). The SMILES string of the molecule is Cc1cccc(N(CCC(=O)O)C(=O)OCc2ccccc2)n1. The van der Waals surface area contributed by atoms with Crippen molar-refractivity contribution in [3.63, 3.8) is 0 Å². The summed E-state index contributed by atoms with van der Waals surface area (Å²) in [5.74, 6) is -0.608. The average Bonchev–Trinajstić information content (AvgIpc) is 2.54. The molecule has 0 aliphatic carbocycles. The van der Waals surface area contributed by atoms with Crippen molar-refractivity contribution in [1.82, 2.24) is 4.98 Å². The number of carboxylic acid groups (broad SMARTS) is 1. The Hall–Kier alpha value is -2.89. The number of aliphatic carboxylic acids is 1. The molecule has 1 heterocycles. The van der Waals surface area contributed by atoms with Gasteiger partial charge in [-0.05, 0) is 24.6 Å². The molecule has 0 saturated carbocycles. The van der Waals surface area contributed by atoms with Crippen molar-refractivity contribution in [2.75, 3.05) is 11.4 Å². The smallest absolute Gasteiger partial charge is 0.415 e. The van der Waals surface area contributed by atoms with Crippen LogP contribution in [0.5, 0.6) is 0 Å². The van der Waals surface area contributed by atoms with E-state index < -0.39 is 12.1 Å². The molecule has 23 heavy (non-hydrogen) atoms. The first-order valence-corrected chi connectivity index (χ1v) is 7.20. The number of carboxylic acids is 1. The second-order valence-corrected chi connectivity index (χ2v) is 4.97. The van der Waals surface area contributed by atoms with Gasteiger partial charge in [0.1, 0.15) is 12.4 Å². The Bertz CT molecular complexity index is 673. The van der Waals surface area contributed by atoms with Gasteiger partial charge in [0, 0.05) is 12.2 Å². The van der Waals surface area contributed by atoms with Gasteiger partial charge < -0.3 is 9.84 Å². The van der Waals surface area contributed by atoms with Gasteiger partial charge in [-0.1, -0.05) is 36.4 Å². The van der Waals surface area contributed by atoms with E-state index in [0.29, 0.717) is 5.82 Å². The van der Waals surface area contributed by atoms with Gasteiger partial charge in [0.15, 0.2) is 0 Å². The molecule has 2 aromatic rings. The lowest BCUT2D eigenvalue weighted by Gasteiger charge is -2.20. The second kappa shape index (κ2) is 7.93. The highest BCUT2D eigenvalue weighted by Gasteiger charge is 2.19. The lowest BCUT2D eigenvalue weighted by atomic mass is 10.2. The number of aromatic nitrogens is 1. The molecule has 0 spiro atoms. The Balaban J connectivity index is 2.09. The fourth-order valence-electron chi connectivity index (χ4n) is 1.98. The Morgan fingerprint density at radius 3 is 2.52 bits per heavy atom. The van der Waals surface area contributed by atoms with Crippen molar-refractivity contribution in [2.24, 2.45) is 0 Å². The zero-order chi connectivity index (χ0) is 16.7. The molecule has 6 nitrogen and oxygen atoms in total. The van der Waals surface area contributed by atoms with Gasteiger partial charge in [0.05, 0.1) is 6.42 Å². The van der Waals surface area contributed by atoms with Crippen LogP contribution in [0.25, 0.3) is 0 Å². The van der Waals surface area contributed by atoms with Crippen LogP contribution >= 0.6 is 0 Å². The third-order valence-electron chi connectivity index (χ3n) is 3.12. The zero-order valence-electron chi connectivity index (χ0n) is 12.8. The number of amides is 1. The summed E-state index contributed by atoms with van der Waals surface area (Å²) < 4.78 is 5.27. The first-order valence-electron chi connectivity index (χ1n) is 7.20. The summed E-state index contributed by atoms with van der Waals surface area (Å²) in [7, 11) is 0. The largest absolute Gasteiger partial charge is 0.481 e. The lowest BCUT2D eigenvalue weighted by molar-refractivity contribution is -0.136. The number of nitrogens with zero attached hydrogens (tertiary/aromatic N) is 2. The molecule has 0 atom stereocenters. The minimum Gasteiger partial charge on any atom is -0.481 e. The highest BCUT2D eigenvalue weighted by molar-refractivity contribution is 5.87. The van der Waals surface area contributed by atoms with Gasteiger partial charge in [-0.2, -0.15) is 0 Å². The predicted molar refractivity (Wildman–Crippen MR) is 85.2 cm³/mol. The van der Waals surface area contributed by atoms with Crippen LogP contribution in [0.2, 0.25) is 0 Å². The summed E-state index contributed by atoms with van der Waals surface area (Å²) in [6.45, 7) is 1.92. The van der Waals surface area contributed by atoms with Gasteiger partial charge in [-0.3, -0.25) is 9.69 Å². The number of ether oxygens (including phenoxy) is 1. The third kappa shape index (κ3) is 5.10. The molecule has 0 saturated heterocycles. The van der Waals surface area contributed by atoms with Gasteiger partial charge in [-0.15, -0.1) is 0 Å². The summed E-state index contributed by atoms with van der Waals surface area (Å²) in [6.07, 6.45) is -0.802. The number of aryl methyl sites for hydroxylation is 1. The highest BCUT2D eigenvalue weighted by Crippen LogP contribution is 2.14. The van der Waals surface area contributed by atoms with Gasteiger partial charge in [0.25, 0.3) is 0 Å². The zero-order valence-corrected chi connectivity index (χ0v) is 12.8. The molecule has 1 N–H and O–H groups in total. The number of rotatable bonds is 6. The van der Waals surface area contributed by atoms with Crippen LogP contribution in [0.15, 0.2) is 48.5 Å². The Labute approximate surface area is 134 Å². The average molecular weight is 314 g/mol. The molecule has 1 aromatic heterocycles. The van der Waals surface area contributed by atoms with E-state index >= 15 is 0 Å². The van der Waals surface area contributed by atoms with Crippen molar-refractivity contribution >= 4 is 17.9 Å². The van der Waals surface area contributed by atoms with E-state index in [-0.39, 0.29) is 19.6 Å². The lowest BCUT2D eigenvalue weighted by Crippen LogP contribution is -2.34. The molecular weight excluding hydrogens is 296 g/mol. The van der Waals surface area contributed by atoms with E-state index in [1.165, 1.54) is 4.90 Å². The van der Waals surface area contributed by atoms with Crippen LogP contribution in [0, 0.1) is 6.92 Å². The van der Waals surface area contributed by atoms with Crippen molar-refractivity contribution < 1.29 is 19.4 Å². The van der Waals surface area contributed by atoms with Crippen molar-refractivity contribution in [3.8, 4) is 0 Å². The van der Waals surface area contributed by atoms with Gasteiger partial charge in [0.2, 0.25) is 0 Å². The maximum Gasteiger partial charge on any atom is 0.415 e. The molecule has 6 heteroatoms. The Kier molecular flexibility index (Phi) is 5.68. The first kappa shape index (κ1) is 16.5. The minimum absolute atomic E-state index is 0.000586. The molecule has 0 aliphatic rings. The predicted octanol–water partition coefficient (Wildman–Crippen LogP) is 3.01. The maximum absolute atomic E-state index is 12.3. The van der Waals surface area contributed by atoms with E-state index in [1.54, 1.807) is 25.1 Å². The molecule has 120 valence electrons. The molecule has 1 aromatic carbocycles. The van der Waals surface area contributed by atoms with E-state index in [4.69, 9.17) is 9.84 Å². The number of carbonyl (C=O) groups is 2. The van der Waals surface area contributed by atoms with Crippen LogP contribution < -0.4 is 4.90 Å². The number of carbonyl (C=O) groups excluding carboxylic acids is 1. The van der Waals surface area contributed by atoms with Crippen molar-refractivity contribution in [3.05, 3.63) is 59.8 Å².